The van der Waals surface area contributed by atoms with Gasteiger partial charge in [-0.15, -0.1) is 11.3 Å². The molecule has 0 aliphatic heterocycles. The zero-order valence-electron chi connectivity index (χ0n) is 9.69. The molecule has 2 nitrogen and oxygen atoms in total. The summed E-state index contributed by atoms with van der Waals surface area (Å²) in [5.74, 6) is 0.750. The van der Waals surface area contributed by atoms with Crippen molar-refractivity contribution in [3.8, 4) is 5.75 Å². The largest absolute Gasteiger partial charge is 0.497 e. The van der Waals surface area contributed by atoms with Gasteiger partial charge in [0.2, 0.25) is 0 Å². The maximum Gasteiger partial charge on any atom is 0.119 e. The van der Waals surface area contributed by atoms with E-state index in [9.17, 15) is 5.11 Å². The number of hydrogen-bond acceptors (Lipinski definition) is 3. The van der Waals surface area contributed by atoms with Crippen LogP contribution in [0.15, 0.2) is 38.6 Å². The van der Waals surface area contributed by atoms with Gasteiger partial charge in [0.25, 0.3) is 0 Å². The average Bonchev–Trinajstić information content (AvgIpc) is 2.75. The van der Waals surface area contributed by atoms with E-state index in [1.54, 1.807) is 18.4 Å². The Bertz CT molecular complexity index is 540. The molecule has 1 unspecified atom stereocenters. The zero-order valence-corrected chi connectivity index (χ0v) is 13.7. The van der Waals surface area contributed by atoms with Gasteiger partial charge in [0, 0.05) is 15.8 Å². The fraction of sp³-hybridized carbons (Fsp3) is 0.231. The molecule has 96 valence electrons. The second-order valence-electron chi connectivity index (χ2n) is 3.81. The Morgan fingerprint density at radius 2 is 2.06 bits per heavy atom. The van der Waals surface area contributed by atoms with E-state index in [0.717, 1.165) is 24.4 Å². The standard InChI is InChI=1S/C13H12Br2O2S/c1-17-8-2-4-11(14)10(6-8)12(16)7-9-3-5-13(15)18-9/h2-6,12,16H,7H2,1H3. The van der Waals surface area contributed by atoms with Gasteiger partial charge in [-0.05, 0) is 51.8 Å². The molecule has 0 aliphatic carbocycles. The fourth-order valence-corrected chi connectivity index (χ4v) is 3.70. The van der Waals surface area contributed by atoms with Crippen molar-refractivity contribution in [1.29, 1.82) is 0 Å². The lowest BCUT2D eigenvalue weighted by atomic mass is 10.1. The summed E-state index contributed by atoms with van der Waals surface area (Å²) in [4.78, 5) is 1.14. The highest BCUT2D eigenvalue weighted by Crippen LogP contribution is 2.32. The summed E-state index contributed by atoms with van der Waals surface area (Å²) in [6.07, 6.45) is 0.0576. The Balaban J connectivity index is 2.20. The van der Waals surface area contributed by atoms with Crippen molar-refractivity contribution in [2.45, 2.75) is 12.5 Å². The van der Waals surface area contributed by atoms with E-state index < -0.39 is 6.10 Å². The molecule has 0 radical (unpaired) electrons. The summed E-state index contributed by atoms with van der Waals surface area (Å²) in [5.41, 5.74) is 0.846. The van der Waals surface area contributed by atoms with Gasteiger partial charge in [0.05, 0.1) is 17.0 Å². The number of benzene rings is 1. The van der Waals surface area contributed by atoms with Crippen molar-refractivity contribution in [2.24, 2.45) is 0 Å². The van der Waals surface area contributed by atoms with Crippen LogP contribution in [-0.2, 0) is 6.42 Å². The van der Waals surface area contributed by atoms with Gasteiger partial charge in [0.1, 0.15) is 5.75 Å². The lowest BCUT2D eigenvalue weighted by molar-refractivity contribution is 0.178. The molecule has 2 aromatic rings. The first kappa shape index (κ1) is 14.1. The van der Waals surface area contributed by atoms with Gasteiger partial charge in [-0.25, -0.2) is 0 Å². The van der Waals surface area contributed by atoms with Crippen LogP contribution in [0, 0.1) is 0 Å². The molecule has 0 amide bonds. The molecule has 1 aromatic heterocycles. The SMILES string of the molecule is COc1ccc(Br)c(C(O)Cc2ccc(Br)s2)c1. The summed E-state index contributed by atoms with van der Waals surface area (Å²) in [6, 6.07) is 9.63. The molecule has 1 N–H and O–H groups in total. The van der Waals surface area contributed by atoms with Crippen molar-refractivity contribution in [1.82, 2.24) is 0 Å². The van der Waals surface area contributed by atoms with Crippen LogP contribution in [0.4, 0.5) is 0 Å². The molecular formula is C13H12Br2O2S. The van der Waals surface area contributed by atoms with Crippen LogP contribution >= 0.6 is 43.2 Å². The maximum atomic E-state index is 10.3. The van der Waals surface area contributed by atoms with Crippen LogP contribution in [0.25, 0.3) is 0 Å². The van der Waals surface area contributed by atoms with Crippen LogP contribution in [-0.4, -0.2) is 12.2 Å². The molecule has 1 aromatic carbocycles. The third kappa shape index (κ3) is 3.35. The minimum atomic E-state index is -0.542. The first-order valence-corrected chi connectivity index (χ1v) is 7.76. The third-order valence-electron chi connectivity index (χ3n) is 2.59. The molecule has 18 heavy (non-hydrogen) atoms. The van der Waals surface area contributed by atoms with Crippen molar-refractivity contribution in [3.05, 3.63) is 49.0 Å². The molecule has 1 heterocycles. The molecule has 0 spiro atoms. The van der Waals surface area contributed by atoms with E-state index in [2.05, 4.69) is 31.9 Å². The topological polar surface area (TPSA) is 29.5 Å². The monoisotopic (exact) mass is 390 g/mol. The summed E-state index contributed by atoms with van der Waals surface area (Å²) < 4.78 is 7.15. The lowest BCUT2D eigenvalue weighted by Gasteiger charge is -2.13. The number of ether oxygens (including phenoxy) is 1. The minimum Gasteiger partial charge on any atom is -0.497 e. The predicted molar refractivity (Wildman–Crippen MR) is 81.4 cm³/mol. The van der Waals surface area contributed by atoms with Crippen LogP contribution < -0.4 is 4.74 Å². The number of hydrogen-bond donors (Lipinski definition) is 1. The van der Waals surface area contributed by atoms with Gasteiger partial charge in [-0.3, -0.25) is 0 Å². The van der Waals surface area contributed by atoms with E-state index in [-0.39, 0.29) is 0 Å². The Kier molecular flexibility index (Phi) is 4.84. The second kappa shape index (κ2) is 6.19. The third-order valence-corrected chi connectivity index (χ3v) is 4.95. The molecular weight excluding hydrogens is 380 g/mol. The highest BCUT2D eigenvalue weighted by Gasteiger charge is 2.14. The normalized spacial score (nSPS) is 12.4. The lowest BCUT2D eigenvalue weighted by Crippen LogP contribution is -2.02. The molecule has 1 atom stereocenters. The van der Waals surface area contributed by atoms with Crippen molar-refractivity contribution < 1.29 is 9.84 Å². The first-order chi connectivity index (χ1) is 8.60. The van der Waals surface area contributed by atoms with Gasteiger partial charge in [-0.2, -0.15) is 0 Å². The molecule has 0 saturated heterocycles. The Labute approximate surface area is 127 Å². The molecule has 2 rings (SSSR count). The summed E-state index contributed by atoms with van der Waals surface area (Å²) >= 11 is 8.52. The highest BCUT2D eigenvalue weighted by molar-refractivity contribution is 9.11. The van der Waals surface area contributed by atoms with Gasteiger partial charge in [0.15, 0.2) is 0 Å². The van der Waals surface area contributed by atoms with E-state index in [4.69, 9.17) is 4.74 Å². The molecule has 0 bridgehead atoms. The minimum absolute atomic E-state index is 0.542. The molecule has 0 aliphatic rings. The quantitative estimate of drug-likeness (QED) is 0.827. The van der Waals surface area contributed by atoms with E-state index in [0.29, 0.717) is 6.42 Å². The second-order valence-corrected chi connectivity index (χ2v) is 7.22. The Hall–Kier alpha value is -0.360. The van der Waals surface area contributed by atoms with E-state index in [1.807, 2.05) is 30.3 Å². The first-order valence-electron chi connectivity index (χ1n) is 5.36. The van der Waals surface area contributed by atoms with Crippen molar-refractivity contribution in [2.75, 3.05) is 7.11 Å². The van der Waals surface area contributed by atoms with Crippen LogP contribution in [0.2, 0.25) is 0 Å². The number of rotatable bonds is 4. The summed E-state index contributed by atoms with van der Waals surface area (Å²) in [7, 11) is 1.62. The number of methoxy groups -OCH3 is 1. The number of thiophene rings is 1. The Morgan fingerprint density at radius 3 is 2.67 bits per heavy atom. The van der Waals surface area contributed by atoms with Gasteiger partial charge in [-0.1, -0.05) is 15.9 Å². The zero-order chi connectivity index (χ0) is 13.1. The van der Waals surface area contributed by atoms with Gasteiger partial charge < -0.3 is 9.84 Å². The predicted octanol–water partition coefficient (Wildman–Crippen LogP) is 4.56. The summed E-state index contributed by atoms with van der Waals surface area (Å²) in [6.45, 7) is 0. The summed E-state index contributed by atoms with van der Waals surface area (Å²) in [5, 5.41) is 10.3. The maximum absolute atomic E-state index is 10.3. The van der Waals surface area contributed by atoms with Crippen LogP contribution in [0.5, 0.6) is 5.75 Å². The molecule has 0 saturated carbocycles. The van der Waals surface area contributed by atoms with Gasteiger partial charge >= 0.3 is 0 Å². The van der Waals surface area contributed by atoms with E-state index in [1.165, 1.54) is 0 Å². The smallest absolute Gasteiger partial charge is 0.119 e. The van der Waals surface area contributed by atoms with Crippen molar-refractivity contribution >= 4 is 43.2 Å². The number of aliphatic hydroxyl groups is 1. The van der Waals surface area contributed by atoms with Crippen molar-refractivity contribution in [3.63, 3.8) is 0 Å². The Morgan fingerprint density at radius 1 is 1.28 bits per heavy atom. The van der Waals surface area contributed by atoms with Crippen LogP contribution in [0.1, 0.15) is 16.5 Å². The average molecular weight is 392 g/mol. The van der Waals surface area contributed by atoms with E-state index >= 15 is 0 Å². The number of aliphatic hydroxyl groups excluding tert-OH is 1. The fourth-order valence-electron chi connectivity index (χ4n) is 1.67. The van der Waals surface area contributed by atoms with Crippen LogP contribution in [0.3, 0.4) is 0 Å². The number of halogens is 2. The molecule has 0 fully saturated rings. The molecule has 5 heteroatoms. The highest BCUT2D eigenvalue weighted by atomic mass is 79.9.